The van der Waals surface area contributed by atoms with Crippen molar-refractivity contribution in [3.63, 3.8) is 0 Å². The van der Waals surface area contributed by atoms with Gasteiger partial charge in [0.05, 0.1) is 21.2 Å². The van der Waals surface area contributed by atoms with Crippen LogP contribution in [0.3, 0.4) is 0 Å². The molecule has 160 valence electrons. The van der Waals surface area contributed by atoms with E-state index >= 15 is 0 Å². The normalized spacial score (nSPS) is 13.6. The van der Waals surface area contributed by atoms with E-state index in [1.165, 1.54) is 0 Å². The number of nitrogens with zero attached hydrogens (tertiary/aromatic N) is 4. The van der Waals surface area contributed by atoms with Gasteiger partial charge < -0.3 is 10.2 Å². The van der Waals surface area contributed by atoms with Gasteiger partial charge >= 0.3 is 11.9 Å². The third kappa shape index (κ3) is 4.24. The lowest BCUT2D eigenvalue weighted by Gasteiger charge is -2.29. The maximum atomic E-state index is 13.1. The maximum absolute atomic E-state index is 13.1. The Balaban J connectivity index is 1.72. The van der Waals surface area contributed by atoms with Crippen LogP contribution >= 0.6 is 11.6 Å². The van der Waals surface area contributed by atoms with Crippen molar-refractivity contribution < 1.29 is 18.1 Å². The number of aromatic nitrogens is 2. The molecular weight excluding hydrogens is 435 g/mol. The monoisotopic (exact) mass is 449 g/mol. The number of nitro groups is 1. The van der Waals surface area contributed by atoms with E-state index in [9.17, 15) is 23.3 Å². The molecule has 2 heterocycles. The smallest absolute Gasteiger partial charge is 0.346 e. The lowest BCUT2D eigenvalue weighted by atomic mass is 10.00. The van der Waals surface area contributed by atoms with E-state index in [2.05, 4.69) is 15.3 Å². The molecule has 1 aliphatic heterocycles. The molecule has 0 unspecified atom stereocenters. The number of halogens is 4. The van der Waals surface area contributed by atoms with Gasteiger partial charge in [-0.2, -0.15) is 13.2 Å². The largest absolute Gasteiger partial charge is 0.416 e. The molecule has 0 fully saturated rings. The van der Waals surface area contributed by atoms with Gasteiger partial charge in [0.2, 0.25) is 11.6 Å². The number of nitrogens with one attached hydrogen (secondary N) is 1. The summed E-state index contributed by atoms with van der Waals surface area (Å²) in [6.45, 7) is 0.913. The first-order valence-corrected chi connectivity index (χ1v) is 9.56. The third-order valence-electron chi connectivity index (χ3n) is 4.96. The fourth-order valence-corrected chi connectivity index (χ4v) is 3.63. The van der Waals surface area contributed by atoms with E-state index in [4.69, 9.17) is 11.6 Å². The van der Waals surface area contributed by atoms with Crippen molar-refractivity contribution in [2.75, 3.05) is 16.8 Å². The van der Waals surface area contributed by atoms with Gasteiger partial charge in [-0.15, -0.1) is 0 Å². The van der Waals surface area contributed by atoms with E-state index < -0.39 is 22.4 Å². The van der Waals surface area contributed by atoms with E-state index in [0.29, 0.717) is 19.5 Å². The van der Waals surface area contributed by atoms with Crippen LogP contribution in [0, 0.1) is 10.1 Å². The highest BCUT2D eigenvalue weighted by Crippen LogP contribution is 2.39. The Bertz CT molecular complexity index is 1160. The highest BCUT2D eigenvalue weighted by molar-refractivity contribution is 6.33. The average Bonchev–Trinajstić information content (AvgIpc) is 2.73. The summed E-state index contributed by atoms with van der Waals surface area (Å²) in [6, 6.07) is 10.5. The van der Waals surface area contributed by atoms with Gasteiger partial charge in [-0.05, 0) is 35.7 Å². The van der Waals surface area contributed by atoms with Crippen LogP contribution in [0.15, 0.2) is 48.8 Å². The van der Waals surface area contributed by atoms with Gasteiger partial charge in [0.25, 0.3) is 0 Å². The van der Waals surface area contributed by atoms with Crippen molar-refractivity contribution in [2.24, 2.45) is 0 Å². The molecule has 0 saturated carbocycles. The summed E-state index contributed by atoms with van der Waals surface area (Å²) in [6.07, 6.45) is -2.78. The summed E-state index contributed by atoms with van der Waals surface area (Å²) in [7, 11) is 0. The van der Waals surface area contributed by atoms with Crippen LogP contribution in [0.5, 0.6) is 0 Å². The Morgan fingerprint density at radius 2 is 1.87 bits per heavy atom. The van der Waals surface area contributed by atoms with Crippen LogP contribution in [0.1, 0.15) is 16.7 Å². The predicted molar refractivity (Wildman–Crippen MR) is 110 cm³/mol. The SMILES string of the molecule is O=[N+]([O-])c1c(Nc2cc(C(F)(F)F)ccc2Cl)ncnc1N1CCc2ccccc2C1. The molecule has 1 aliphatic rings. The van der Waals surface area contributed by atoms with Crippen LogP contribution < -0.4 is 10.2 Å². The summed E-state index contributed by atoms with van der Waals surface area (Å²) in [5.74, 6) is -0.157. The Morgan fingerprint density at radius 3 is 2.58 bits per heavy atom. The van der Waals surface area contributed by atoms with Crippen molar-refractivity contribution in [1.82, 2.24) is 9.97 Å². The van der Waals surface area contributed by atoms with Crippen LogP contribution in [0.4, 0.5) is 36.2 Å². The minimum absolute atomic E-state index is 0.0330. The molecule has 7 nitrogen and oxygen atoms in total. The van der Waals surface area contributed by atoms with Crippen LogP contribution in [-0.4, -0.2) is 21.4 Å². The number of fused-ring (bicyclic) bond motifs is 1. The van der Waals surface area contributed by atoms with Gasteiger partial charge in [0, 0.05) is 13.1 Å². The number of alkyl halides is 3. The zero-order chi connectivity index (χ0) is 22.2. The van der Waals surface area contributed by atoms with Crippen molar-refractivity contribution in [2.45, 2.75) is 19.1 Å². The summed E-state index contributed by atoms with van der Waals surface area (Å²) < 4.78 is 39.2. The standard InChI is InChI=1S/C20H15ClF3N5O2/c21-15-6-5-14(20(22,23)24)9-16(15)27-18-17(29(30)31)19(26-11-25-18)28-8-7-12-3-1-2-4-13(12)10-28/h1-6,9,11H,7-8,10H2,(H,25,26,27). The number of hydrogen-bond acceptors (Lipinski definition) is 6. The highest BCUT2D eigenvalue weighted by atomic mass is 35.5. The Morgan fingerprint density at radius 1 is 1.13 bits per heavy atom. The van der Waals surface area contributed by atoms with Crippen molar-refractivity contribution in [3.8, 4) is 0 Å². The Hall–Kier alpha value is -3.40. The second-order valence-electron chi connectivity index (χ2n) is 6.91. The number of rotatable bonds is 4. The lowest BCUT2D eigenvalue weighted by molar-refractivity contribution is -0.383. The van der Waals surface area contributed by atoms with Crippen molar-refractivity contribution in [1.29, 1.82) is 0 Å². The number of benzene rings is 2. The third-order valence-corrected chi connectivity index (χ3v) is 5.29. The minimum atomic E-state index is -4.59. The van der Waals surface area contributed by atoms with Crippen molar-refractivity contribution >= 4 is 34.6 Å². The first-order valence-electron chi connectivity index (χ1n) is 9.19. The van der Waals surface area contributed by atoms with Gasteiger partial charge in [-0.3, -0.25) is 10.1 Å². The summed E-state index contributed by atoms with van der Waals surface area (Å²) in [4.78, 5) is 21.0. The first-order chi connectivity index (χ1) is 14.7. The molecule has 0 spiro atoms. The van der Waals surface area contributed by atoms with Gasteiger partial charge in [-0.25, -0.2) is 9.97 Å². The van der Waals surface area contributed by atoms with Crippen LogP contribution in [0.25, 0.3) is 0 Å². The second kappa shape index (κ2) is 8.03. The molecule has 3 aromatic rings. The van der Waals surface area contributed by atoms with Crippen molar-refractivity contribution in [3.05, 3.63) is 80.6 Å². The zero-order valence-corrected chi connectivity index (χ0v) is 16.6. The number of anilines is 3. The molecule has 31 heavy (non-hydrogen) atoms. The lowest BCUT2D eigenvalue weighted by Crippen LogP contribution is -2.31. The average molecular weight is 450 g/mol. The van der Waals surface area contributed by atoms with Gasteiger partial charge in [0.1, 0.15) is 6.33 Å². The highest BCUT2D eigenvalue weighted by Gasteiger charge is 2.32. The van der Waals surface area contributed by atoms with Gasteiger partial charge in [0.15, 0.2) is 0 Å². The Labute approximate surface area is 179 Å². The molecule has 0 amide bonds. The minimum Gasteiger partial charge on any atom is -0.346 e. The Kier molecular flexibility index (Phi) is 5.40. The fourth-order valence-electron chi connectivity index (χ4n) is 3.46. The van der Waals surface area contributed by atoms with E-state index in [0.717, 1.165) is 35.7 Å². The van der Waals surface area contributed by atoms with E-state index in [1.807, 2.05) is 24.3 Å². The molecule has 0 radical (unpaired) electrons. The maximum Gasteiger partial charge on any atom is 0.416 e. The molecule has 2 aromatic carbocycles. The topological polar surface area (TPSA) is 84.2 Å². The quantitative estimate of drug-likeness (QED) is 0.426. The molecule has 11 heteroatoms. The fraction of sp³-hybridized carbons (Fsp3) is 0.200. The second-order valence-corrected chi connectivity index (χ2v) is 7.32. The number of hydrogen-bond donors (Lipinski definition) is 1. The molecule has 0 saturated heterocycles. The molecule has 0 aliphatic carbocycles. The molecule has 0 atom stereocenters. The summed E-state index contributed by atoms with van der Waals surface area (Å²) in [5.41, 5.74) is 0.661. The van der Waals surface area contributed by atoms with E-state index in [-0.39, 0.29) is 22.3 Å². The first kappa shape index (κ1) is 20.9. The molecule has 1 N–H and O–H groups in total. The summed E-state index contributed by atoms with van der Waals surface area (Å²) in [5, 5.41) is 14.4. The summed E-state index contributed by atoms with van der Waals surface area (Å²) >= 11 is 6.02. The van der Waals surface area contributed by atoms with Gasteiger partial charge in [-0.1, -0.05) is 35.9 Å². The van der Waals surface area contributed by atoms with Crippen LogP contribution in [-0.2, 0) is 19.1 Å². The molecule has 0 bridgehead atoms. The molecule has 4 rings (SSSR count). The zero-order valence-electron chi connectivity index (χ0n) is 15.9. The molecule has 1 aromatic heterocycles. The predicted octanol–water partition coefficient (Wildman–Crippen LogP) is 5.36. The molecular formula is C20H15ClF3N5O2. The van der Waals surface area contributed by atoms with E-state index in [1.54, 1.807) is 4.90 Å². The van der Waals surface area contributed by atoms with Crippen LogP contribution in [0.2, 0.25) is 5.02 Å².